The number of rotatable bonds is 7. The monoisotopic (exact) mass is 422 g/mol. The molecule has 0 saturated carbocycles. The van der Waals surface area contributed by atoms with Crippen LogP contribution in [0.2, 0.25) is 0 Å². The van der Waals surface area contributed by atoms with Crippen molar-refractivity contribution < 1.29 is 9.32 Å². The van der Waals surface area contributed by atoms with Crippen molar-refractivity contribution in [3.8, 4) is 17.2 Å². The molecule has 0 N–H and O–H groups in total. The van der Waals surface area contributed by atoms with Gasteiger partial charge in [-0.1, -0.05) is 16.9 Å². The Morgan fingerprint density at radius 3 is 2.57 bits per heavy atom. The van der Waals surface area contributed by atoms with Gasteiger partial charge in [-0.15, -0.1) is 10.2 Å². The average molecular weight is 423 g/mol. The highest BCUT2D eigenvalue weighted by Crippen LogP contribution is 2.26. The molecule has 0 amide bonds. The van der Waals surface area contributed by atoms with Crippen LogP contribution < -0.4 is 0 Å². The standard InChI is InChI=1S/C21H22N6O2S/c1-5-26-20(16-6-8-22-9-7-16)23-24-21(26)30-12-18(28)17-10-13(2)27(15(17)4)19-11-14(3)29-25-19/h6-11H,5,12H2,1-4H3. The Morgan fingerprint density at radius 2 is 1.90 bits per heavy atom. The van der Waals surface area contributed by atoms with E-state index < -0.39 is 0 Å². The number of nitrogens with zero attached hydrogens (tertiary/aromatic N) is 6. The van der Waals surface area contributed by atoms with Gasteiger partial charge in [-0.05, 0) is 45.9 Å². The van der Waals surface area contributed by atoms with Gasteiger partial charge in [-0.25, -0.2) is 0 Å². The molecule has 4 rings (SSSR count). The second kappa shape index (κ2) is 8.27. The SMILES string of the molecule is CCn1c(SCC(=O)c2cc(C)n(-c3cc(C)on3)c2C)nnc1-c1ccncc1. The molecule has 0 aromatic carbocycles. The maximum atomic E-state index is 13.0. The van der Waals surface area contributed by atoms with E-state index in [9.17, 15) is 4.79 Å². The normalized spacial score (nSPS) is 11.2. The fourth-order valence-electron chi connectivity index (χ4n) is 3.46. The summed E-state index contributed by atoms with van der Waals surface area (Å²) in [5.74, 6) is 2.49. The van der Waals surface area contributed by atoms with Crippen LogP contribution in [-0.4, -0.2) is 41.0 Å². The Balaban J connectivity index is 1.54. The number of carbonyl (C=O) groups excluding carboxylic acids is 1. The van der Waals surface area contributed by atoms with Crippen molar-refractivity contribution in [2.24, 2.45) is 0 Å². The van der Waals surface area contributed by atoms with E-state index in [-0.39, 0.29) is 11.5 Å². The fraction of sp³-hybridized carbons (Fsp3) is 0.286. The lowest BCUT2D eigenvalue weighted by Crippen LogP contribution is -2.07. The molecule has 4 aromatic rings. The smallest absolute Gasteiger partial charge is 0.191 e. The van der Waals surface area contributed by atoms with Crippen molar-refractivity contribution in [3.05, 3.63) is 59.4 Å². The molecule has 0 atom stereocenters. The topological polar surface area (TPSA) is 91.6 Å². The molecular formula is C21H22N6O2S. The molecule has 4 heterocycles. The van der Waals surface area contributed by atoms with Crippen molar-refractivity contribution >= 4 is 17.5 Å². The lowest BCUT2D eigenvalue weighted by atomic mass is 10.2. The molecule has 0 saturated heterocycles. The van der Waals surface area contributed by atoms with Gasteiger partial charge in [0.1, 0.15) is 5.76 Å². The zero-order valence-electron chi connectivity index (χ0n) is 17.3. The van der Waals surface area contributed by atoms with Crippen LogP contribution in [0.3, 0.4) is 0 Å². The van der Waals surface area contributed by atoms with Gasteiger partial charge in [0, 0.05) is 47.5 Å². The van der Waals surface area contributed by atoms with E-state index in [1.54, 1.807) is 12.4 Å². The third-order valence-corrected chi connectivity index (χ3v) is 5.85. The Morgan fingerprint density at radius 1 is 1.13 bits per heavy atom. The van der Waals surface area contributed by atoms with Gasteiger partial charge in [-0.3, -0.25) is 14.3 Å². The highest BCUT2D eigenvalue weighted by molar-refractivity contribution is 7.99. The quantitative estimate of drug-likeness (QED) is 0.328. The minimum Gasteiger partial charge on any atom is -0.360 e. The summed E-state index contributed by atoms with van der Waals surface area (Å²) in [5, 5.41) is 13.4. The van der Waals surface area contributed by atoms with Crippen molar-refractivity contribution in [1.29, 1.82) is 0 Å². The molecule has 9 heteroatoms. The van der Waals surface area contributed by atoms with Crippen LogP contribution in [0.25, 0.3) is 17.2 Å². The Bertz CT molecular complexity index is 1190. The van der Waals surface area contributed by atoms with Gasteiger partial charge in [0.2, 0.25) is 0 Å². The molecule has 0 aliphatic rings. The van der Waals surface area contributed by atoms with Gasteiger partial charge in [-0.2, -0.15) is 0 Å². The van der Waals surface area contributed by atoms with Gasteiger partial charge in [0.25, 0.3) is 0 Å². The van der Waals surface area contributed by atoms with Gasteiger partial charge in [0.05, 0.1) is 5.75 Å². The van der Waals surface area contributed by atoms with Crippen LogP contribution in [0.5, 0.6) is 0 Å². The molecule has 0 bridgehead atoms. The molecule has 30 heavy (non-hydrogen) atoms. The number of thioether (sulfide) groups is 1. The van der Waals surface area contributed by atoms with Crippen LogP contribution in [0, 0.1) is 20.8 Å². The predicted molar refractivity (Wildman–Crippen MR) is 114 cm³/mol. The summed E-state index contributed by atoms with van der Waals surface area (Å²) in [6.07, 6.45) is 3.46. The van der Waals surface area contributed by atoms with E-state index in [1.807, 2.05) is 61.1 Å². The first-order chi connectivity index (χ1) is 14.5. The van der Waals surface area contributed by atoms with Crippen LogP contribution in [0.15, 0.2) is 46.3 Å². The summed E-state index contributed by atoms with van der Waals surface area (Å²) in [5.41, 5.74) is 3.41. The number of Topliss-reactive ketones (excluding diaryl/α,β-unsaturated/α-hetero) is 1. The predicted octanol–water partition coefficient (Wildman–Crippen LogP) is 4.04. The fourth-order valence-corrected chi connectivity index (χ4v) is 4.34. The van der Waals surface area contributed by atoms with Crippen LogP contribution >= 0.6 is 11.8 Å². The lowest BCUT2D eigenvalue weighted by molar-refractivity contribution is 0.102. The zero-order chi connectivity index (χ0) is 21.3. The van der Waals surface area contributed by atoms with Crippen molar-refractivity contribution in [1.82, 2.24) is 29.5 Å². The van der Waals surface area contributed by atoms with Crippen molar-refractivity contribution in [2.45, 2.75) is 39.4 Å². The number of hydrogen-bond donors (Lipinski definition) is 0. The molecule has 4 aromatic heterocycles. The first-order valence-corrected chi connectivity index (χ1v) is 10.6. The van der Waals surface area contributed by atoms with Crippen LogP contribution in [-0.2, 0) is 6.54 Å². The number of hydrogen-bond acceptors (Lipinski definition) is 7. The first-order valence-electron chi connectivity index (χ1n) is 9.61. The summed E-state index contributed by atoms with van der Waals surface area (Å²) >= 11 is 1.39. The van der Waals surface area contributed by atoms with E-state index in [0.717, 1.165) is 33.7 Å². The second-order valence-corrected chi connectivity index (χ2v) is 7.86. The Labute approximate surface area is 178 Å². The number of carbonyl (C=O) groups is 1. The van der Waals surface area contributed by atoms with Gasteiger partial charge >= 0.3 is 0 Å². The lowest BCUT2D eigenvalue weighted by Gasteiger charge is -2.07. The van der Waals surface area contributed by atoms with Crippen molar-refractivity contribution in [3.63, 3.8) is 0 Å². The number of ketones is 1. The second-order valence-electron chi connectivity index (χ2n) is 6.91. The highest BCUT2D eigenvalue weighted by atomic mass is 32.2. The third kappa shape index (κ3) is 3.68. The van der Waals surface area contributed by atoms with E-state index >= 15 is 0 Å². The largest absolute Gasteiger partial charge is 0.360 e. The number of pyridine rings is 1. The Kier molecular flexibility index (Phi) is 5.54. The summed E-state index contributed by atoms with van der Waals surface area (Å²) in [4.78, 5) is 17.0. The minimum atomic E-state index is 0.0377. The third-order valence-electron chi connectivity index (χ3n) is 4.88. The van der Waals surface area contributed by atoms with Crippen LogP contribution in [0.4, 0.5) is 0 Å². The molecule has 0 aliphatic heterocycles. The number of aryl methyl sites for hydroxylation is 2. The molecule has 0 aliphatic carbocycles. The molecule has 0 fully saturated rings. The van der Waals surface area contributed by atoms with Crippen molar-refractivity contribution in [2.75, 3.05) is 5.75 Å². The number of aromatic nitrogens is 6. The van der Waals surface area contributed by atoms with E-state index in [1.165, 1.54) is 11.8 Å². The molecule has 0 radical (unpaired) electrons. The molecule has 154 valence electrons. The minimum absolute atomic E-state index is 0.0377. The molecule has 0 spiro atoms. The van der Waals surface area contributed by atoms with E-state index in [2.05, 4.69) is 20.3 Å². The molecule has 0 unspecified atom stereocenters. The van der Waals surface area contributed by atoms with Gasteiger partial charge < -0.3 is 9.09 Å². The average Bonchev–Trinajstić information content (AvgIpc) is 3.43. The highest BCUT2D eigenvalue weighted by Gasteiger charge is 2.20. The molecule has 8 nitrogen and oxygen atoms in total. The molecular weight excluding hydrogens is 400 g/mol. The summed E-state index contributed by atoms with van der Waals surface area (Å²) < 4.78 is 9.13. The maximum Gasteiger partial charge on any atom is 0.191 e. The summed E-state index contributed by atoms with van der Waals surface area (Å²) in [7, 11) is 0. The Hall–Kier alpha value is -3.20. The zero-order valence-corrected chi connectivity index (χ0v) is 18.1. The van der Waals surface area contributed by atoms with Crippen LogP contribution in [0.1, 0.15) is 34.4 Å². The van der Waals surface area contributed by atoms with Gasteiger partial charge in [0.15, 0.2) is 22.6 Å². The maximum absolute atomic E-state index is 13.0. The summed E-state index contributed by atoms with van der Waals surface area (Å²) in [6, 6.07) is 7.55. The van der Waals surface area contributed by atoms with E-state index in [0.29, 0.717) is 17.9 Å². The summed E-state index contributed by atoms with van der Waals surface area (Å²) in [6.45, 7) is 8.47. The first kappa shape index (κ1) is 20.1. The van der Waals surface area contributed by atoms with E-state index in [4.69, 9.17) is 4.52 Å².